The first kappa shape index (κ1) is 18.3. The monoisotopic (exact) mass is 384 g/mol. The number of likely N-dealkylation sites (tertiary alicyclic amines) is 1. The predicted molar refractivity (Wildman–Crippen MR) is 109 cm³/mol. The van der Waals surface area contributed by atoms with Crippen molar-refractivity contribution in [2.75, 3.05) is 38.1 Å². The minimum absolute atomic E-state index is 0.130. The highest BCUT2D eigenvalue weighted by molar-refractivity contribution is 5.83. The van der Waals surface area contributed by atoms with E-state index in [0.29, 0.717) is 0 Å². The van der Waals surface area contributed by atoms with E-state index in [-0.39, 0.29) is 17.6 Å². The van der Waals surface area contributed by atoms with Crippen LogP contribution in [0.3, 0.4) is 0 Å². The molecule has 4 heterocycles. The standard InChI is InChI=1S/C21H32N6O/c1-21(2)7-16(6-17(28)8-21)27-13-24-18-19(22-12-23-20(18)27)26-10-14-4-5-25(3)9-15(14)11-26/h12-17,28H,4-11H2,1-3H3/t14-,15+,16-,17+/m1/s1. The van der Waals surface area contributed by atoms with Gasteiger partial charge in [0, 0.05) is 25.7 Å². The molecule has 0 spiro atoms. The van der Waals surface area contributed by atoms with Crippen molar-refractivity contribution in [1.82, 2.24) is 24.4 Å². The van der Waals surface area contributed by atoms with E-state index in [4.69, 9.17) is 4.98 Å². The van der Waals surface area contributed by atoms with Crippen molar-refractivity contribution in [1.29, 1.82) is 0 Å². The molecule has 0 amide bonds. The second-order valence-electron chi connectivity index (χ2n) is 10.1. The highest BCUT2D eigenvalue weighted by Gasteiger charge is 2.38. The van der Waals surface area contributed by atoms with E-state index in [1.165, 1.54) is 19.5 Å². The lowest BCUT2D eigenvalue weighted by atomic mass is 9.73. The first-order valence-corrected chi connectivity index (χ1v) is 10.7. The van der Waals surface area contributed by atoms with Gasteiger partial charge in [-0.05, 0) is 56.5 Å². The molecule has 28 heavy (non-hydrogen) atoms. The van der Waals surface area contributed by atoms with Crippen molar-refractivity contribution < 1.29 is 5.11 Å². The summed E-state index contributed by atoms with van der Waals surface area (Å²) < 4.78 is 2.18. The van der Waals surface area contributed by atoms with Gasteiger partial charge in [0.25, 0.3) is 0 Å². The molecule has 0 unspecified atom stereocenters. The van der Waals surface area contributed by atoms with Crippen LogP contribution < -0.4 is 4.90 Å². The van der Waals surface area contributed by atoms with Gasteiger partial charge in [-0.3, -0.25) is 0 Å². The number of nitrogens with zero attached hydrogens (tertiary/aromatic N) is 6. The normalized spacial score (nSPS) is 33.4. The third-order valence-electron chi connectivity index (χ3n) is 7.16. The number of aromatic nitrogens is 4. The van der Waals surface area contributed by atoms with Crippen LogP contribution in [-0.4, -0.2) is 68.9 Å². The van der Waals surface area contributed by atoms with Gasteiger partial charge in [-0.15, -0.1) is 0 Å². The van der Waals surface area contributed by atoms with Crippen LogP contribution in [0.5, 0.6) is 0 Å². The quantitative estimate of drug-likeness (QED) is 0.857. The van der Waals surface area contributed by atoms with Gasteiger partial charge in [0.1, 0.15) is 6.33 Å². The summed E-state index contributed by atoms with van der Waals surface area (Å²) in [5.41, 5.74) is 1.95. The minimum atomic E-state index is -0.258. The van der Waals surface area contributed by atoms with Crippen molar-refractivity contribution in [2.45, 2.75) is 51.7 Å². The second-order valence-corrected chi connectivity index (χ2v) is 10.1. The van der Waals surface area contributed by atoms with Crippen LogP contribution in [0.25, 0.3) is 11.2 Å². The number of imidazole rings is 1. The van der Waals surface area contributed by atoms with Crippen molar-refractivity contribution in [3.05, 3.63) is 12.7 Å². The zero-order chi connectivity index (χ0) is 19.5. The molecular weight excluding hydrogens is 352 g/mol. The fraction of sp³-hybridized carbons (Fsp3) is 0.762. The number of hydrogen-bond donors (Lipinski definition) is 1. The number of hydrogen-bond acceptors (Lipinski definition) is 6. The third kappa shape index (κ3) is 3.18. The number of rotatable bonds is 2. The fourth-order valence-electron chi connectivity index (χ4n) is 5.91. The molecule has 1 aliphatic carbocycles. The first-order chi connectivity index (χ1) is 13.4. The van der Waals surface area contributed by atoms with Crippen LogP contribution >= 0.6 is 0 Å². The van der Waals surface area contributed by atoms with Crippen LogP contribution in [-0.2, 0) is 0 Å². The summed E-state index contributed by atoms with van der Waals surface area (Å²) in [7, 11) is 2.23. The zero-order valence-electron chi connectivity index (χ0n) is 17.3. The summed E-state index contributed by atoms with van der Waals surface area (Å²) >= 11 is 0. The number of aliphatic hydroxyl groups excluding tert-OH is 1. The molecule has 7 nitrogen and oxygen atoms in total. The Morgan fingerprint density at radius 1 is 1.07 bits per heavy atom. The molecule has 2 aromatic heterocycles. The Labute approximate surface area is 166 Å². The number of piperidine rings is 1. The largest absolute Gasteiger partial charge is 0.393 e. The van der Waals surface area contributed by atoms with E-state index in [9.17, 15) is 5.11 Å². The smallest absolute Gasteiger partial charge is 0.165 e. The molecule has 2 saturated heterocycles. The van der Waals surface area contributed by atoms with Crippen molar-refractivity contribution >= 4 is 17.0 Å². The maximum absolute atomic E-state index is 10.4. The second kappa shape index (κ2) is 6.66. The van der Waals surface area contributed by atoms with Crippen molar-refractivity contribution in [3.8, 4) is 0 Å². The summed E-state index contributed by atoms with van der Waals surface area (Å²) in [6.45, 7) is 8.99. The average Bonchev–Trinajstić information content (AvgIpc) is 3.23. The summed E-state index contributed by atoms with van der Waals surface area (Å²) in [6.07, 6.45) is 7.29. The fourth-order valence-corrected chi connectivity index (χ4v) is 5.91. The van der Waals surface area contributed by atoms with Crippen LogP contribution in [0.1, 0.15) is 45.6 Å². The van der Waals surface area contributed by atoms with Crippen LogP contribution in [0.4, 0.5) is 5.82 Å². The molecule has 0 bridgehead atoms. The summed E-state index contributed by atoms with van der Waals surface area (Å²) in [5, 5.41) is 10.4. The van der Waals surface area contributed by atoms with E-state index < -0.39 is 0 Å². The van der Waals surface area contributed by atoms with Gasteiger partial charge in [0.05, 0.1) is 12.4 Å². The Hall–Kier alpha value is -1.73. The molecular formula is C21H32N6O. The van der Waals surface area contributed by atoms with Crippen LogP contribution in [0, 0.1) is 17.3 Å². The molecule has 152 valence electrons. The lowest BCUT2D eigenvalue weighted by molar-refractivity contribution is 0.0387. The first-order valence-electron chi connectivity index (χ1n) is 10.7. The topological polar surface area (TPSA) is 70.3 Å². The third-order valence-corrected chi connectivity index (χ3v) is 7.16. The van der Waals surface area contributed by atoms with Crippen molar-refractivity contribution in [3.63, 3.8) is 0 Å². The molecule has 5 rings (SSSR count). The molecule has 4 atom stereocenters. The Morgan fingerprint density at radius 3 is 2.71 bits per heavy atom. The van der Waals surface area contributed by atoms with E-state index in [1.807, 2.05) is 6.33 Å². The lowest BCUT2D eigenvalue weighted by Crippen LogP contribution is -2.37. The number of anilines is 1. The van der Waals surface area contributed by atoms with E-state index in [1.54, 1.807) is 6.33 Å². The van der Waals surface area contributed by atoms with Crippen LogP contribution in [0.15, 0.2) is 12.7 Å². The van der Waals surface area contributed by atoms with Gasteiger partial charge in [0.15, 0.2) is 17.0 Å². The van der Waals surface area contributed by atoms with E-state index >= 15 is 0 Å². The molecule has 0 radical (unpaired) electrons. The van der Waals surface area contributed by atoms with Gasteiger partial charge >= 0.3 is 0 Å². The molecule has 0 aromatic carbocycles. The molecule has 2 aromatic rings. The molecule has 7 heteroatoms. The summed E-state index contributed by atoms with van der Waals surface area (Å²) in [4.78, 5) is 18.9. The van der Waals surface area contributed by atoms with Gasteiger partial charge in [-0.25, -0.2) is 15.0 Å². The Kier molecular flexibility index (Phi) is 4.36. The van der Waals surface area contributed by atoms with E-state index in [2.05, 4.69) is 45.2 Å². The highest BCUT2D eigenvalue weighted by Crippen LogP contribution is 2.42. The maximum Gasteiger partial charge on any atom is 0.165 e. The van der Waals surface area contributed by atoms with Gasteiger partial charge in [-0.1, -0.05) is 13.8 Å². The van der Waals surface area contributed by atoms with Crippen LogP contribution in [0.2, 0.25) is 0 Å². The minimum Gasteiger partial charge on any atom is -0.393 e. The molecule has 3 fully saturated rings. The SMILES string of the molecule is CN1CC[C@@H]2CN(c3ncnc4c3ncn4[C@@H]3C[C@H](O)CC(C)(C)C3)C[C@@H]2C1. The Morgan fingerprint density at radius 2 is 1.89 bits per heavy atom. The zero-order valence-corrected chi connectivity index (χ0v) is 17.3. The number of fused-ring (bicyclic) bond motifs is 2. The molecule has 1 N–H and O–H groups in total. The highest BCUT2D eigenvalue weighted by atomic mass is 16.3. The van der Waals surface area contributed by atoms with Gasteiger partial charge < -0.3 is 19.5 Å². The Bertz CT molecular complexity index is 864. The molecule has 3 aliphatic rings. The predicted octanol–water partition coefficient (Wildman–Crippen LogP) is 2.33. The Balaban J connectivity index is 1.45. The average molecular weight is 385 g/mol. The van der Waals surface area contributed by atoms with E-state index in [0.717, 1.165) is 61.2 Å². The summed E-state index contributed by atoms with van der Waals surface area (Å²) in [5.74, 6) is 2.47. The molecule has 1 saturated carbocycles. The van der Waals surface area contributed by atoms with Gasteiger partial charge in [0.2, 0.25) is 0 Å². The summed E-state index contributed by atoms with van der Waals surface area (Å²) in [6, 6.07) is 0.237. The maximum atomic E-state index is 10.4. The lowest BCUT2D eigenvalue weighted by Gasteiger charge is -2.38. The van der Waals surface area contributed by atoms with Gasteiger partial charge in [-0.2, -0.15) is 0 Å². The molecule has 2 aliphatic heterocycles. The van der Waals surface area contributed by atoms with Crippen molar-refractivity contribution in [2.24, 2.45) is 17.3 Å². The number of aliphatic hydroxyl groups is 1.